The predicted molar refractivity (Wildman–Crippen MR) is 71.2 cm³/mol. The number of benzene rings is 1. The predicted octanol–water partition coefficient (Wildman–Crippen LogP) is 2.24. The summed E-state index contributed by atoms with van der Waals surface area (Å²) in [4.78, 5) is 21.7. The Morgan fingerprint density at radius 3 is 2.06 bits per heavy atom. The second-order valence-electron chi connectivity index (χ2n) is 3.50. The third-order valence-corrected chi connectivity index (χ3v) is 3.77. The van der Waals surface area contributed by atoms with Crippen LogP contribution in [0.2, 0.25) is 5.02 Å². The molecule has 1 aromatic carbocycles. The summed E-state index contributed by atoms with van der Waals surface area (Å²) in [6, 6.07) is 7.11. The molecule has 0 N–H and O–H groups in total. The number of carbonyl (C=O) groups is 2. The number of hydrogen-bond acceptors (Lipinski definition) is 4. The van der Waals surface area contributed by atoms with Crippen LogP contribution in [0, 0.1) is 0 Å². The zero-order valence-corrected chi connectivity index (χ0v) is 12.0. The molecule has 0 bridgehead atoms. The van der Waals surface area contributed by atoms with Crippen LogP contribution < -0.4 is 0 Å². The topological polar surface area (TPSA) is 52.6 Å². The van der Waals surface area contributed by atoms with Crippen molar-refractivity contribution in [3.63, 3.8) is 0 Å². The molecule has 1 aromatic rings. The minimum absolute atomic E-state index is 0.464. The summed E-state index contributed by atoms with van der Waals surface area (Å²) < 4.78 is 9.90. The van der Waals surface area contributed by atoms with Crippen LogP contribution >= 0.6 is 11.6 Å². The van der Waals surface area contributed by atoms with Gasteiger partial charge in [-0.25, -0.2) is 0 Å². The van der Waals surface area contributed by atoms with E-state index in [0.717, 1.165) is 5.56 Å². The second kappa shape index (κ2) is 6.98. The lowest BCUT2D eigenvalue weighted by atomic mass is 10.2. The number of halogens is 1. The molecule has 0 radical (unpaired) electrons. The normalized spacial score (nSPS) is 10.7. The molecule has 4 nitrogen and oxygen atoms in total. The molecule has 0 heterocycles. The molecule has 0 aliphatic heterocycles. The molecule has 0 atom stereocenters. The van der Waals surface area contributed by atoms with E-state index in [9.17, 15) is 9.59 Å². The smallest absolute Gasteiger partial charge is 0.475 e. The number of rotatable bonds is 4. The van der Waals surface area contributed by atoms with Crippen LogP contribution in [-0.2, 0) is 18.4 Å². The van der Waals surface area contributed by atoms with Crippen molar-refractivity contribution in [2.24, 2.45) is 0 Å². The quantitative estimate of drug-likeness (QED) is 0.796. The average Bonchev–Trinajstić information content (AvgIpc) is 2.26. The van der Waals surface area contributed by atoms with E-state index in [1.165, 1.54) is 13.8 Å². The van der Waals surface area contributed by atoms with Gasteiger partial charge < -0.3 is 8.85 Å². The van der Waals surface area contributed by atoms with Gasteiger partial charge in [0, 0.05) is 18.9 Å². The second-order valence-corrected chi connectivity index (χ2v) is 5.53. The first-order valence-corrected chi connectivity index (χ1v) is 7.24. The maximum Gasteiger partial charge on any atom is 0.475 e. The first-order valence-electron chi connectivity index (χ1n) is 5.25. The molecule has 0 unspecified atom stereocenters. The van der Waals surface area contributed by atoms with Crippen LogP contribution in [0.3, 0.4) is 0 Å². The Morgan fingerprint density at radius 1 is 1.11 bits per heavy atom. The minimum Gasteiger partial charge on any atom is -0.484 e. The van der Waals surface area contributed by atoms with E-state index in [1.807, 2.05) is 12.1 Å². The summed E-state index contributed by atoms with van der Waals surface area (Å²) in [7, 11) is -2.44. The van der Waals surface area contributed by atoms with Crippen molar-refractivity contribution >= 4 is 38.9 Å². The average molecular weight is 285 g/mol. The molecule has 0 aliphatic rings. The van der Waals surface area contributed by atoms with Gasteiger partial charge in [0.05, 0.1) is 0 Å². The maximum atomic E-state index is 10.9. The van der Waals surface area contributed by atoms with Crippen LogP contribution in [0.15, 0.2) is 30.0 Å². The van der Waals surface area contributed by atoms with Gasteiger partial charge in [-0.05, 0) is 23.4 Å². The molecule has 0 fully saturated rings. The van der Waals surface area contributed by atoms with E-state index in [-0.39, 0.29) is 0 Å². The summed E-state index contributed by atoms with van der Waals surface area (Å²) in [6.07, 6.45) is 1.74. The highest BCUT2D eigenvalue weighted by atomic mass is 35.5. The van der Waals surface area contributed by atoms with Gasteiger partial charge in [-0.3, -0.25) is 9.59 Å². The minimum atomic E-state index is -2.44. The number of hydrogen-bond donors (Lipinski definition) is 0. The van der Waals surface area contributed by atoms with Crippen molar-refractivity contribution < 1.29 is 18.4 Å². The molecule has 0 spiro atoms. The van der Waals surface area contributed by atoms with Gasteiger partial charge in [0.1, 0.15) is 0 Å². The Labute approximate surface area is 112 Å². The Hall–Kier alpha value is -1.59. The van der Waals surface area contributed by atoms with E-state index >= 15 is 0 Å². The van der Waals surface area contributed by atoms with Gasteiger partial charge >= 0.3 is 9.28 Å². The Bertz CT molecular complexity index is 440. The van der Waals surface area contributed by atoms with Gasteiger partial charge in [0.2, 0.25) is 0 Å². The standard InChI is InChI=1S/C12H13ClO4Si/c1-9(14)16-18(17-10(2)15)8-7-11-3-5-12(13)6-4-11/h3-8,18H,1-2H3. The van der Waals surface area contributed by atoms with E-state index in [2.05, 4.69) is 0 Å². The lowest BCUT2D eigenvalue weighted by Gasteiger charge is -2.10. The van der Waals surface area contributed by atoms with Crippen molar-refractivity contribution in [2.75, 3.05) is 0 Å². The molecular formula is C12H13ClO4Si. The highest BCUT2D eigenvalue weighted by Gasteiger charge is 2.15. The molecular weight excluding hydrogens is 272 g/mol. The fourth-order valence-electron chi connectivity index (χ4n) is 1.19. The molecule has 6 heteroatoms. The maximum absolute atomic E-state index is 10.9. The van der Waals surface area contributed by atoms with E-state index < -0.39 is 21.2 Å². The zero-order chi connectivity index (χ0) is 13.5. The van der Waals surface area contributed by atoms with Crippen LogP contribution in [0.25, 0.3) is 6.08 Å². The zero-order valence-electron chi connectivity index (χ0n) is 10.1. The molecule has 0 saturated heterocycles. The lowest BCUT2D eigenvalue weighted by Crippen LogP contribution is -2.25. The molecule has 0 aromatic heterocycles. The Kier molecular flexibility index (Phi) is 5.61. The van der Waals surface area contributed by atoms with Crippen molar-refractivity contribution in [2.45, 2.75) is 13.8 Å². The first-order chi connectivity index (χ1) is 8.47. The van der Waals surface area contributed by atoms with Gasteiger partial charge in [-0.1, -0.05) is 29.8 Å². The van der Waals surface area contributed by atoms with Crippen LogP contribution in [-0.4, -0.2) is 21.2 Å². The van der Waals surface area contributed by atoms with Gasteiger partial charge in [0.15, 0.2) is 0 Å². The third-order valence-electron chi connectivity index (χ3n) is 1.88. The Morgan fingerprint density at radius 2 is 1.61 bits per heavy atom. The van der Waals surface area contributed by atoms with Crippen molar-refractivity contribution in [3.8, 4) is 0 Å². The fourth-order valence-corrected chi connectivity index (χ4v) is 2.56. The molecule has 0 aliphatic carbocycles. The van der Waals surface area contributed by atoms with Crippen molar-refractivity contribution in [1.29, 1.82) is 0 Å². The monoisotopic (exact) mass is 284 g/mol. The highest BCUT2D eigenvalue weighted by Crippen LogP contribution is 2.11. The summed E-state index contributed by atoms with van der Waals surface area (Å²) in [5.41, 5.74) is 2.50. The summed E-state index contributed by atoms with van der Waals surface area (Å²) in [5, 5.41) is 0.640. The van der Waals surface area contributed by atoms with E-state index in [0.29, 0.717) is 5.02 Å². The van der Waals surface area contributed by atoms with Crippen LogP contribution in [0.5, 0.6) is 0 Å². The molecule has 18 heavy (non-hydrogen) atoms. The van der Waals surface area contributed by atoms with E-state index in [4.69, 9.17) is 20.5 Å². The first kappa shape index (κ1) is 14.5. The number of carbonyl (C=O) groups excluding carboxylic acids is 2. The molecule has 1 rings (SSSR count). The summed E-state index contributed by atoms with van der Waals surface area (Å²) in [5.74, 6) is -0.928. The summed E-state index contributed by atoms with van der Waals surface area (Å²) in [6.45, 7) is 2.55. The largest absolute Gasteiger partial charge is 0.484 e. The SMILES string of the molecule is CC(=O)O[SiH](C=Cc1ccc(Cl)cc1)OC(C)=O. The van der Waals surface area contributed by atoms with Gasteiger partial charge in [-0.2, -0.15) is 0 Å². The molecule has 0 saturated carbocycles. The van der Waals surface area contributed by atoms with Gasteiger partial charge in [-0.15, -0.1) is 0 Å². The molecule has 0 amide bonds. The van der Waals surface area contributed by atoms with Crippen molar-refractivity contribution in [3.05, 3.63) is 40.6 Å². The summed E-state index contributed by atoms with van der Waals surface area (Å²) >= 11 is 5.76. The fraction of sp³-hybridized carbons (Fsp3) is 0.167. The highest BCUT2D eigenvalue weighted by molar-refractivity contribution is 6.55. The van der Waals surface area contributed by atoms with E-state index in [1.54, 1.807) is 23.9 Å². The third kappa shape index (κ3) is 5.65. The van der Waals surface area contributed by atoms with Crippen LogP contribution in [0.1, 0.15) is 19.4 Å². The van der Waals surface area contributed by atoms with Gasteiger partial charge in [0.25, 0.3) is 11.9 Å². The van der Waals surface area contributed by atoms with Crippen LogP contribution in [0.4, 0.5) is 0 Å². The lowest BCUT2D eigenvalue weighted by molar-refractivity contribution is -0.137. The Balaban J connectivity index is 2.72. The molecule has 96 valence electrons. The van der Waals surface area contributed by atoms with Crippen molar-refractivity contribution in [1.82, 2.24) is 0 Å².